The van der Waals surface area contributed by atoms with Crippen LogP contribution in [0.25, 0.3) is 11.5 Å². The first-order chi connectivity index (χ1) is 15.7. The molecule has 3 N–H and O–H groups in total. The van der Waals surface area contributed by atoms with Crippen LogP contribution in [0.1, 0.15) is 56.8 Å². The van der Waals surface area contributed by atoms with E-state index in [0.29, 0.717) is 24.0 Å². The van der Waals surface area contributed by atoms with Crippen LogP contribution in [-0.4, -0.2) is 45.3 Å². The smallest absolute Gasteiger partial charge is 0.247 e. The van der Waals surface area contributed by atoms with Crippen LogP contribution in [-0.2, 0) is 9.59 Å². The van der Waals surface area contributed by atoms with E-state index in [1.807, 2.05) is 30.3 Å². The number of carbonyl (C=O) groups excluding carboxylic acids is 2. The third kappa shape index (κ3) is 4.83. The van der Waals surface area contributed by atoms with Crippen LogP contribution in [0.4, 0.5) is 0 Å². The standard InChI is InChI=1S/C23H29N5O3S/c29-19(10-11-32-23-25-18-9-5-4-8-17(18)20(30)26-23)24-16-12-15(13-16)22-28-27-21(31-22)14-6-2-1-3-7-14/h1-3,6-7,15-18,23,25H,4-5,8-13H2,(H,24,29)(H,26,30). The molecule has 2 amide bonds. The van der Waals surface area contributed by atoms with E-state index >= 15 is 0 Å². The lowest BCUT2D eigenvalue weighted by Crippen LogP contribution is -2.60. The fourth-order valence-electron chi connectivity index (χ4n) is 4.81. The van der Waals surface area contributed by atoms with Gasteiger partial charge in [-0.2, -0.15) is 0 Å². The zero-order valence-corrected chi connectivity index (χ0v) is 18.8. The number of thioether (sulfide) groups is 1. The van der Waals surface area contributed by atoms with Crippen molar-refractivity contribution in [3.05, 3.63) is 36.2 Å². The first-order valence-electron chi connectivity index (χ1n) is 11.5. The number of hydrogen-bond donors (Lipinski definition) is 3. The molecule has 1 saturated heterocycles. The van der Waals surface area contributed by atoms with Crippen LogP contribution >= 0.6 is 11.8 Å². The first kappa shape index (κ1) is 21.5. The maximum Gasteiger partial charge on any atom is 0.247 e. The van der Waals surface area contributed by atoms with E-state index in [-0.39, 0.29) is 41.2 Å². The van der Waals surface area contributed by atoms with Gasteiger partial charge in [0.25, 0.3) is 0 Å². The quantitative estimate of drug-likeness (QED) is 0.589. The Morgan fingerprint density at radius 3 is 2.81 bits per heavy atom. The van der Waals surface area contributed by atoms with Crippen molar-refractivity contribution >= 4 is 23.6 Å². The molecule has 3 unspecified atom stereocenters. The predicted molar refractivity (Wildman–Crippen MR) is 122 cm³/mol. The van der Waals surface area contributed by atoms with Gasteiger partial charge < -0.3 is 15.1 Å². The van der Waals surface area contributed by atoms with E-state index in [1.165, 1.54) is 6.42 Å². The Hall–Kier alpha value is -2.39. The van der Waals surface area contributed by atoms with Gasteiger partial charge in [-0.25, -0.2) is 0 Å². The number of rotatable bonds is 7. The second-order valence-corrected chi connectivity index (χ2v) is 10.1. The largest absolute Gasteiger partial charge is 0.420 e. The summed E-state index contributed by atoms with van der Waals surface area (Å²) in [5.41, 5.74) is 0.814. The molecule has 0 spiro atoms. The number of benzene rings is 1. The van der Waals surface area contributed by atoms with Gasteiger partial charge in [0.1, 0.15) is 5.50 Å². The van der Waals surface area contributed by atoms with Crippen molar-refractivity contribution < 1.29 is 14.0 Å². The molecule has 2 aliphatic carbocycles. The Bertz CT molecular complexity index is 946. The van der Waals surface area contributed by atoms with Crippen molar-refractivity contribution in [3.8, 4) is 11.5 Å². The van der Waals surface area contributed by atoms with Crippen molar-refractivity contribution in [1.82, 2.24) is 26.1 Å². The van der Waals surface area contributed by atoms with Gasteiger partial charge in [-0.3, -0.25) is 14.9 Å². The second kappa shape index (κ2) is 9.62. The van der Waals surface area contributed by atoms with E-state index in [1.54, 1.807) is 11.8 Å². The molecule has 3 aliphatic rings. The van der Waals surface area contributed by atoms with Crippen molar-refractivity contribution in [2.75, 3.05) is 5.75 Å². The monoisotopic (exact) mass is 455 g/mol. The van der Waals surface area contributed by atoms with Gasteiger partial charge in [0, 0.05) is 35.7 Å². The predicted octanol–water partition coefficient (Wildman–Crippen LogP) is 2.78. The SMILES string of the molecule is O=C(CCSC1NC(=O)C2CCCCC2N1)NC1CC(c2nnc(-c3ccccc3)o2)C1. The summed E-state index contributed by atoms with van der Waals surface area (Å²) < 4.78 is 5.83. The van der Waals surface area contributed by atoms with Crippen molar-refractivity contribution in [2.45, 2.75) is 68.4 Å². The Morgan fingerprint density at radius 2 is 1.97 bits per heavy atom. The molecule has 3 atom stereocenters. The van der Waals surface area contributed by atoms with E-state index in [9.17, 15) is 9.59 Å². The molecule has 32 heavy (non-hydrogen) atoms. The molecule has 9 heteroatoms. The lowest BCUT2D eigenvalue weighted by molar-refractivity contribution is -0.129. The van der Waals surface area contributed by atoms with Gasteiger partial charge in [-0.05, 0) is 37.8 Å². The van der Waals surface area contributed by atoms with E-state index in [4.69, 9.17) is 4.42 Å². The maximum absolute atomic E-state index is 12.3. The summed E-state index contributed by atoms with van der Waals surface area (Å²) >= 11 is 1.60. The number of carbonyl (C=O) groups is 2. The molecule has 2 saturated carbocycles. The van der Waals surface area contributed by atoms with Crippen molar-refractivity contribution in [2.24, 2.45) is 5.92 Å². The minimum atomic E-state index is -0.0981. The van der Waals surface area contributed by atoms with E-state index < -0.39 is 0 Å². The van der Waals surface area contributed by atoms with Crippen LogP contribution in [0.3, 0.4) is 0 Å². The summed E-state index contributed by atoms with van der Waals surface area (Å²) in [6, 6.07) is 10.2. The molecule has 2 aromatic rings. The fraction of sp³-hybridized carbons (Fsp3) is 0.565. The normalized spacial score (nSPS) is 29.5. The average molecular weight is 456 g/mol. The highest BCUT2D eigenvalue weighted by atomic mass is 32.2. The lowest BCUT2D eigenvalue weighted by atomic mass is 9.80. The number of fused-ring (bicyclic) bond motifs is 1. The Labute approximate surface area is 191 Å². The summed E-state index contributed by atoms with van der Waals surface area (Å²) in [5.74, 6) is 2.36. The number of hydrogen-bond acceptors (Lipinski definition) is 7. The summed E-state index contributed by atoms with van der Waals surface area (Å²) in [6.07, 6.45) is 6.43. The number of aromatic nitrogens is 2. The van der Waals surface area contributed by atoms with Crippen molar-refractivity contribution in [1.29, 1.82) is 0 Å². The number of nitrogens with one attached hydrogen (secondary N) is 3. The summed E-state index contributed by atoms with van der Waals surface area (Å²) in [4.78, 5) is 24.6. The van der Waals surface area contributed by atoms with Gasteiger partial charge in [0.15, 0.2) is 0 Å². The topological polar surface area (TPSA) is 109 Å². The summed E-state index contributed by atoms with van der Waals surface area (Å²) in [7, 11) is 0. The van der Waals surface area contributed by atoms with Gasteiger partial charge >= 0.3 is 0 Å². The first-order valence-corrected chi connectivity index (χ1v) is 12.6. The van der Waals surface area contributed by atoms with E-state index in [2.05, 4.69) is 26.1 Å². The van der Waals surface area contributed by atoms with Crippen LogP contribution in [0.2, 0.25) is 0 Å². The molecule has 8 nitrogen and oxygen atoms in total. The highest BCUT2D eigenvalue weighted by Crippen LogP contribution is 2.37. The Balaban J connectivity index is 1.01. The van der Waals surface area contributed by atoms with Crippen LogP contribution in [0, 0.1) is 5.92 Å². The van der Waals surface area contributed by atoms with E-state index in [0.717, 1.165) is 37.7 Å². The summed E-state index contributed by atoms with van der Waals surface area (Å²) in [5, 5.41) is 18.0. The maximum atomic E-state index is 12.3. The molecule has 5 rings (SSSR count). The molecule has 3 fully saturated rings. The Kier molecular flexibility index (Phi) is 6.45. The molecule has 1 aliphatic heterocycles. The van der Waals surface area contributed by atoms with Crippen LogP contribution in [0.5, 0.6) is 0 Å². The fourth-order valence-corrected chi connectivity index (χ4v) is 5.82. The van der Waals surface area contributed by atoms with Gasteiger partial charge in [-0.15, -0.1) is 22.0 Å². The third-order valence-electron chi connectivity index (χ3n) is 6.67. The highest BCUT2D eigenvalue weighted by Gasteiger charge is 2.38. The second-order valence-electron chi connectivity index (χ2n) is 8.92. The van der Waals surface area contributed by atoms with Gasteiger partial charge in [0.2, 0.25) is 23.6 Å². The molecule has 2 heterocycles. The minimum absolute atomic E-state index is 0.0501. The lowest BCUT2D eigenvalue weighted by Gasteiger charge is -2.39. The molecular weight excluding hydrogens is 426 g/mol. The summed E-state index contributed by atoms with van der Waals surface area (Å²) in [6.45, 7) is 0. The van der Waals surface area contributed by atoms with Crippen molar-refractivity contribution in [3.63, 3.8) is 0 Å². The zero-order valence-electron chi connectivity index (χ0n) is 18.0. The molecular formula is C23H29N5O3S. The van der Waals surface area contributed by atoms with Crippen LogP contribution in [0.15, 0.2) is 34.7 Å². The number of nitrogens with zero attached hydrogens (tertiary/aromatic N) is 2. The minimum Gasteiger partial charge on any atom is -0.420 e. The van der Waals surface area contributed by atoms with Gasteiger partial charge in [-0.1, -0.05) is 31.0 Å². The number of amides is 2. The molecule has 0 bridgehead atoms. The highest BCUT2D eigenvalue weighted by molar-refractivity contribution is 7.99. The molecule has 1 aromatic carbocycles. The molecule has 170 valence electrons. The average Bonchev–Trinajstić information content (AvgIpc) is 3.26. The van der Waals surface area contributed by atoms with Crippen LogP contribution < -0.4 is 16.0 Å². The molecule has 0 radical (unpaired) electrons. The molecule has 1 aromatic heterocycles. The zero-order chi connectivity index (χ0) is 21.9. The Morgan fingerprint density at radius 1 is 1.16 bits per heavy atom. The van der Waals surface area contributed by atoms with Gasteiger partial charge in [0.05, 0.1) is 5.92 Å². The third-order valence-corrected chi connectivity index (χ3v) is 7.70.